The van der Waals surface area contributed by atoms with Crippen LogP contribution in [0.25, 0.3) is 0 Å². The summed E-state index contributed by atoms with van der Waals surface area (Å²) in [4.78, 5) is 5.66. The van der Waals surface area contributed by atoms with Gasteiger partial charge in [-0.1, -0.05) is 68.5 Å². The first-order valence-corrected chi connectivity index (χ1v) is 14.4. The normalized spacial score (nSPS) is 28.2. The number of nitrogens with zero attached hydrogens (tertiary/aromatic N) is 2. The lowest BCUT2D eigenvalue weighted by Gasteiger charge is -2.52. The van der Waals surface area contributed by atoms with Crippen LogP contribution in [0.5, 0.6) is 0 Å². The highest BCUT2D eigenvalue weighted by Crippen LogP contribution is 2.45. The maximum Gasteiger partial charge on any atom is 0.188 e. The molecular weight excluding hydrogens is 471 g/mol. The van der Waals surface area contributed by atoms with Crippen LogP contribution in [-0.2, 0) is 12.1 Å². The van der Waals surface area contributed by atoms with Gasteiger partial charge in [0, 0.05) is 17.7 Å². The fraction of sp³-hybridized carbons (Fsp3) is 0.500. The number of oxazole rings is 1. The average Bonchev–Trinajstić information content (AvgIpc) is 3.38. The van der Waals surface area contributed by atoms with Crippen molar-refractivity contribution < 1.29 is 18.4 Å². The molecule has 0 unspecified atom stereocenters. The van der Waals surface area contributed by atoms with Crippen molar-refractivity contribution in [1.82, 2.24) is 4.98 Å². The molecule has 4 fully saturated rings. The lowest BCUT2D eigenvalue weighted by Crippen LogP contribution is -2.62. The van der Waals surface area contributed by atoms with E-state index >= 15 is 0 Å². The standard InChI is InChI=1S/C30H35FN2O2S/c31-25-12-7-13-27(18-25)36-28-21-33(16-14-22(28)15-17-33)20-26-19-32-29(35-26)30(34,23-8-3-1-4-9-23)24-10-5-2-6-11-24/h1,3-4,7-9,12-13,18-19,22,24,28H,2,5-6,10-11,14-17,20-21H2/t22?,28-,30-,33?/m0/s1. The third-order valence-electron chi connectivity index (χ3n) is 8.87. The molecule has 7 rings (SSSR count). The Kier molecular flexibility index (Phi) is 6.69. The summed E-state index contributed by atoms with van der Waals surface area (Å²) in [6, 6.07) is 16.7. The van der Waals surface area contributed by atoms with Gasteiger partial charge in [0.15, 0.2) is 11.7 Å². The average molecular weight is 507 g/mol. The number of halogens is 1. The minimum atomic E-state index is -1.44. The molecule has 0 spiro atoms. The van der Waals surface area contributed by atoms with Gasteiger partial charge in [0.25, 0.3) is 0 Å². The molecule has 4 nitrogen and oxygen atoms in total. The predicted octanol–water partition coefficient (Wildman–Crippen LogP) is 5.90. The molecule has 6 heteroatoms. The molecule has 1 saturated carbocycles. The van der Waals surface area contributed by atoms with Gasteiger partial charge in [-0.3, -0.25) is 0 Å². The molecule has 2 aromatic carbocycles. The van der Waals surface area contributed by atoms with Crippen LogP contribution in [0.3, 0.4) is 0 Å². The van der Waals surface area contributed by atoms with Gasteiger partial charge in [-0.2, -0.15) is 0 Å². The van der Waals surface area contributed by atoms with Crippen LogP contribution in [0, 0.1) is 17.7 Å². The molecule has 3 saturated heterocycles. The monoisotopic (exact) mass is 506 g/mol. The molecule has 1 aromatic heterocycles. The predicted molar refractivity (Wildman–Crippen MR) is 138 cm³/mol. The Morgan fingerprint density at radius 3 is 2.53 bits per heavy atom. The highest BCUT2D eigenvalue weighted by molar-refractivity contribution is 8.00. The second-order valence-electron chi connectivity index (χ2n) is 11.1. The number of quaternary nitrogens is 1. The van der Waals surface area contributed by atoms with Gasteiger partial charge in [-0.25, -0.2) is 9.37 Å². The van der Waals surface area contributed by atoms with Crippen molar-refractivity contribution in [2.24, 2.45) is 11.8 Å². The topological polar surface area (TPSA) is 49.1 Å². The van der Waals surface area contributed by atoms with E-state index in [0.29, 0.717) is 17.1 Å². The van der Waals surface area contributed by atoms with E-state index in [1.54, 1.807) is 12.1 Å². The Balaban J connectivity index is 1.23. The maximum atomic E-state index is 14.6. The second kappa shape index (κ2) is 9.96. The first-order valence-electron chi connectivity index (χ1n) is 13.5. The number of aromatic nitrogens is 1. The zero-order valence-electron chi connectivity index (χ0n) is 20.8. The lowest BCUT2D eigenvalue weighted by molar-refractivity contribution is -0.954. The van der Waals surface area contributed by atoms with Gasteiger partial charge in [0.1, 0.15) is 12.4 Å². The van der Waals surface area contributed by atoms with Gasteiger partial charge in [-0.05, 0) is 41.2 Å². The zero-order valence-corrected chi connectivity index (χ0v) is 21.6. The molecule has 2 atom stereocenters. The second-order valence-corrected chi connectivity index (χ2v) is 12.5. The van der Waals surface area contributed by atoms with Gasteiger partial charge in [-0.15, -0.1) is 11.8 Å². The van der Waals surface area contributed by atoms with Crippen molar-refractivity contribution in [2.75, 3.05) is 19.6 Å². The summed E-state index contributed by atoms with van der Waals surface area (Å²) in [5.41, 5.74) is -0.674. The minimum absolute atomic E-state index is 0.00460. The molecule has 1 aliphatic carbocycles. The molecule has 36 heavy (non-hydrogen) atoms. The molecule has 4 heterocycles. The van der Waals surface area contributed by atoms with E-state index in [9.17, 15) is 9.50 Å². The minimum Gasteiger partial charge on any atom is -0.839 e. The number of thioether (sulfide) groups is 1. The van der Waals surface area contributed by atoms with E-state index < -0.39 is 5.60 Å². The lowest BCUT2D eigenvalue weighted by atomic mass is 9.73. The molecule has 0 amide bonds. The highest BCUT2D eigenvalue weighted by atomic mass is 32.2. The largest absolute Gasteiger partial charge is 0.839 e. The number of piperidine rings is 3. The van der Waals surface area contributed by atoms with Crippen molar-refractivity contribution in [3.63, 3.8) is 0 Å². The Hall–Kier alpha value is -2.15. The maximum absolute atomic E-state index is 14.6. The number of benzene rings is 2. The van der Waals surface area contributed by atoms with Gasteiger partial charge < -0.3 is 14.0 Å². The van der Waals surface area contributed by atoms with Crippen LogP contribution >= 0.6 is 11.8 Å². The number of hydrogen-bond acceptors (Lipinski definition) is 4. The van der Waals surface area contributed by atoms with Crippen LogP contribution in [0.4, 0.5) is 4.39 Å². The third kappa shape index (κ3) is 4.64. The van der Waals surface area contributed by atoms with Gasteiger partial charge in [0.05, 0.1) is 31.1 Å². The van der Waals surface area contributed by atoms with E-state index in [2.05, 4.69) is 4.98 Å². The van der Waals surface area contributed by atoms with Gasteiger partial charge >= 0.3 is 0 Å². The summed E-state index contributed by atoms with van der Waals surface area (Å²) in [6.07, 6.45) is 9.44. The van der Waals surface area contributed by atoms with Crippen molar-refractivity contribution in [1.29, 1.82) is 0 Å². The molecule has 0 radical (unpaired) electrons. The smallest absolute Gasteiger partial charge is 0.188 e. The molecule has 4 aliphatic rings. The molecule has 0 N–H and O–H groups in total. The van der Waals surface area contributed by atoms with Gasteiger partial charge in [0.2, 0.25) is 0 Å². The van der Waals surface area contributed by atoms with Crippen LogP contribution in [0.2, 0.25) is 0 Å². The summed E-state index contributed by atoms with van der Waals surface area (Å²) in [6.45, 7) is 4.08. The number of hydrogen-bond donors (Lipinski definition) is 0. The Bertz CT molecular complexity index is 1170. The number of fused-ring (bicyclic) bond motifs is 3. The third-order valence-corrected chi connectivity index (χ3v) is 10.2. The van der Waals surface area contributed by atoms with Crippen molar-refractivity contribution in [2.45, 2.75) is 67.2 Å². The van der Waals surface area contributed by atoms with Crippen LogP contribution < -0.4 is 5.11 Å². The van der Waals surface area contributed by atoms with E-state index in [-0.39, 0.29) is 11.7 Å². The summed E-state index contributed by atoms with van der Waals surface area (Å²) < 4.78 is 21.1. The SMILES string of the molecule is [O-][C@](c1ccccc1)(c1ncc(C[N+]23CCC(CC2)[C@@H](Sc2cccc(F)c2)C3)o1)C1CCCCC1. The summed E-state index contributed by atoms with van der Waals surface area (Å²) in [7, 11) is 0. The molecule has 3 aliphatic heterocycles. The van der Waals surface area contributed by atoms with Crippen molar-refractivity contribution in [3.05, 3.63) is 83.8 Å². The molecular formula is C30H35FN2O2S. The molecule has 3 aromatic rings. The van der Waals surface area contributed by atoms with Crippen LogP contribution in [0.1, 0.15) is 62.2 Å². The van der Waals surface area contributed by atoms with E-state index in [4.69, 9.17) is 4.42 Å². The van der Waals surface area contributed by atoms with E-state index in [1.807, 2.05) is 54.4 Å². The van der Waals surface area contributed by atoms with E-state index in [1.165, 1.54) is 25.3 Å². The molecule has 2 bridgehead atoms. The highest BCUT2D eigenvalue weighted by Gasteiger charge is 2.47. The van der Waals surface area contributed by atoms with Crippen molar-refractivity contribution in [3.8, 4) is 0 Å². The molecule has 190 valence electrons. The summed E-state index contributed by atoms with van der Waals surface area (Å²) in [5.74, 6) is 1.68. The van der Waals surface area contributed by atoms with Crippen LogP contribution in [-0.4, -0.2) is 34.4 Å². The van der Waals surface area contributed by atoms with Crippen molar-refractivity contribution >= 4 is 11.8 Å². The quantitative estimate of drug-likeness (QED) is 0.375. The fourth-order valence-corrected chi connectivity index (χ4v) is 8.45. The Morgan fingerprint density at radius 1 is 1.00 bits per heavy atom. The Morgan fingerprint density at radius 2 is 1.78 bits per heavy atom. The van der Waals surface area contributed by atoms with E-state index in [0.717, 1.165) is 72.6 Å². The number of rotatable bonds is 7. The fourth-order valence-electron chi connectivity index (χ4n) is 6.90. The first kappa shape index (κ1) is 24.2. The summed E-state index contributed by atoms with van der Waals surface area (Å²) in [5, 5.41) is 15.1. The summed E-state index contributed by atoms with van der Waals surface area (Å²) >= 11 is 1.82. The first-order chi connectivity index (χ1) is 17.5. The zero-order chi connectivity index (χ0) is 24.6. The Labute approximate surface area is 217 Å². The van der Waals surface area contributed by atoms with Crippen LogP contribution in [0.15, 0.2) is 70.1 Å².